The molecule has 0 aliphatic heterocycles. The molecule has 0 heterocycles. The SMILES string of the molecule is CC(=O)NN(C(=O)c1ccc(C)cc1)c1ccc(C)cc1. The van der Waals surface area contributed by atoms with Crippen molar-refractivity contribution in [2.24, 2.45) is 0 Å². The standard InChI is InChI=1S/C17H18N2O2/c1-12-4-8-15(9-5-12)17(21)19(18-14(3)20)16-10-6-13(2)7-11-16/h4-11H,1-3H3,(H,18,20). The van der Waals surface area contributed by atoms with Gasteiger partial charge in [-0.25, -0.2) is 5.01 Å². The lowest BCUT2D eigenvalue weighted by Crippen LogP contribution is -2.45. The van der Waals surface area contributed by atoms with Crippen molar-refractivity contribution in [1.82, 2.24) is 5.43 Å². The first-order chi connectivity index (χ1) is 9.97. The van der Waals surface area contributed by atoms with Gasteiger partial charge >= 0.3 is 0 Å². The predicted molar refractivity (Wildman–Crippen MR) is 83.0 cm³/mol. The Morgan fingerprint density at radius 2 is 1.33 bits per heavy atom. The van der Waals surface area contributed by atoms with E-state index >= 15 is 0 Å². The second kappa shape index (κ2) is 6.22. The molecule has 2 amide bonds. The lowest BCUT2D eigenvalue weighted by Gasteiger charge is -2.23. The Kier molecular flexibility index (Phi) is 4.38. The van der Waals surface area contributed by atoms with Gasteiger partial charge in [0, 0.05) is 12.5 Å². The van der Waals surface area contributed by atoms with E-state index in [2.05, 4.69) is 5.43 Å². The van der Waals surface area contributed by atoms with Crippen LogP contribution in [0.3, 0.4) is 0 Å². The highest BCUT2D eigenvalue weighted by molar-refractivity contribution is 6.07. The van der Waals surface area contributed by atoms with Crippen LogP contribution in [-0.4, -0.2) is 11.8 Å². The van der Waals surface area contributed by atoms with Crippen LogP contribution in [0.25, 0.3) is 0 Å². The molecule has 0 spiro atoms. The molecule has 0 aliphatic rings. The monoisotopic (exact) mass is 282 g/mol. The van der Waals surface area contributed by atoms with E-state index < -0.39 is 0 Å². The van der Waals surface area contributed by atoms with Crippen LogP contribution in [0.2, 0.25) is 0 Å². The Labute approximate surface area is 124 Å². The molecule has 0 fully saturated rings. The van der Waals surface area contributed by atoms with E-state index in [9.17, 15) is 9.59 Å². The van der Waals surface area contributed by atoms with Crippen molar-refractivity contribution in [3.05, 3.63) is 65.2 Å². The maximum Gasteiger partial charge on any atom is 0.277 e. The maximum absolute atomic E-state index is 12.6. The van der Waals surface area contributed by atoms with Crippen LogP contribution in [0, 0.1) is 13.8 Å². The second-order valence-corrected chi connectivity index (χ2v) is 5.01. The molecule has 2 aromatic rings. The van der Waals surface area contributed by atoms with Gasteiger partial charge in [0.15, 0.2) is 0 Å². The number of hydrogen-bond donors (Lipinski definition) is 1. The summed E-state index contributed by atoms with van der Waals surface area (Å²) in [5, 5.41) is 1.27. The first-order valence-corrected chi connectivity index (χ1v) is 6.72. The number of hydrogen-bond acceptors (Lipinski definition) is 2. The van der Waals surface area contributed by atoms with Crippen LogP contribution in [0.1, 0.15) is 28.4 Å². The fourth-order valence-electron chi connectivity index (χ4n) is 1.91. The summed E-state index contributed by atoms with van der Waals surface area (Å²) in [6.07, 6.45) is 0. The molecular weight excluding hydrogens is 264 g/mol. The van der Waals surface area contributed by atoms with E-state index in [-0.39, 0.29) is 11.8 Å². The highest BCUT2D eigenvalue weighted by Gasteiger charge is 2.18. The first kappa shape index (κ1) is 14.8. The van der Waals surface area contributed by atoms with Gasteiger partial charge in [-0.05, 0) is 38.1 Å². The fraction of sp³-hybridized carbons (Fsp3) is 0.176. The van der Waals surface area contributed by atoms with E-state index in [0.29, 0.717) is 11.3 Å². The molecular formula is C17H18N2O2. The van der Waals surface area contributed by atoms with Crippen molar-refractivity contribution in [2.75, 3.05) is 5.01 Å². The van der Waals surface area contributed by atoms with E-state index in [1.54, 1.807) is 24.3 Å². The van der Waals surface area contributed by atoms with Crippen molar-refractivity contribution < 1.29 is 9.59 Å². The Bertz CT molecular complexity index is 645. The minimum atomic E-state index is -0.295. The number of nitrogens with zero attached hydrogens (tertiary/aromatic N) is 1. The van der Waals surface area contributed by atoms with E-state index in [1.807, 2.05) is 38.1 Å². The topological polar surface area (TPSA) is 49.4 Å². The van der Waals surface area contributed by atoms with Crippen LogP contribution in [0.15, 0.2) is 48.5 Å². The zero-order valence-electron chi connectivity index (χ0n) is 12.4. The van der Waals surface area contributed by atoms with Crippen molar-refractivity contribution in [2.45, 2.75) is 20.8 Å². The Balaban J connectivity index is 2.35. The maximum atomic E-state index is 12.6. The van der Waals surface area contributed by atoms with Gasteiger partial charge in [0.05, 0.1) is 5.69 Å². The Morgan fingerprint density at radius 3 is 1.81 bits per heavy atom. The van der Waals surface area contributed by atoms with Crippen LogP contribution < -0.4 is 10.4 Å². The molecule has 0 unspecified atom stereocenters. The second-order valence-electron chi connectivity index (χ2n) is 5.01. The van der Waals surface area contributed by atoms with Crippen LogP contribution in [0.5, 0.6) is 0 Å². The third kappa shape index (κ3) is 3.69. The van der Waals surface area contributed by atoms with Gasteiger partial charge in [-0.3, -0.25) is 15.0 Å². The summed E-state index contributed by atoms with van der Waals surface area (Å²) in [4.78, 5) is 24.0. The molecule has 108 valence electrons. The molecule has 0 bridgehead atoms. The molecule has 0 aliphatic carbocycles. The van der Waals surface area contributed by atoms with E-state index in [0.717, 1.165) is 11.1 Å². The molecule has 2 rings (SSSR count). The molecule has 4 heteroatoms. The fourth-order valence-corrected chi connectivity index (χ4v) is 1.91. The average Bonchev–Trinajstić information content (AvgIpc) is 2.46. The summed E-state index contributed by atoms with van der Waals surface area (Å²) in [6.45, 7) is 5.30. The van der Waals surface area contributed by atoms with Crippen molar-refractivity contribution in [3.8, 4) is 0 Å². The van der Waals surface area contributed by atoms with Gasteiger partial charge in [0.25, 0.3) is 5.91 Å². The molecule has 4 nitrogen and oxygen atoms in total. The number of aryl methyl sites for hydroxylation is 2. The van der Waals surface area contributed by atoms with Crippen LogP contribution >= 0.6 is 0 Å². The summed E-state index contributed by atoms with van der Waals surface area (Å²) in [5.74, 6) is -0.565. The van der Waals surface area contributed by atoms with Crippen LogP contribution in [-0.2, 0) is 4.79 Å². The highest BCUT2D eigenvalue weighted by Crippen LogP contribution is 2.16. The van der Waals surface area contributed by atoms with Gasteiger partial charge in [-0.2, -0.15) is 0 Å². The molecule has 0 aromatic heterocycles. The number of anilines is 1. The third-order valence-electron chi connectivity index (χ3n) is 3.06. The summed E-state index contributed by atoms with van der Waals surface area (Å²) in [6, 6.07) is 14.6. The zero-order valence-corrected chi connectivity index (χ0v) is 12.4. The number of hydrazine groups is 1. The van der Waals surface area contributed by atoms with Crippen molar-refractivity contribution >= 4 is 17.5 Å². The average molecular weight is 282 g/mol. The molecule has 0 saturated carbocycles. The first-order valence-electron chi connectivity index (χ1n) is 6.72. The third-order valence-corrected chi connectivity index (χ3v) is 3.06. The number of carbonyl (C=O) groups excluding carboxylic acids is 2. The predicted octanol–water partition coefficient (Wildman–Crippen LogP) is 3.00. The van der Waals surface area contributed by atoms with E-state index in [4.69, 9.17) is 0 Å². The number of amides is 2. The lowest BCUT2D eigenvalue weighted by atomic mass is 10.1. The van der Waals surface area contributed by atoms with Crippen molar-refractivity contribution in [3.63, 3.8) is 0 Å². The van der Waals surface area contributed by atoms with Crippen molar-refractivity contribution in [1.29, 1.82) is 0 Å². The highest BCUT2D eigenvalue weighted by atomic mass is 16.2. The minimum absolute atomic E-state index is 0.269. The molecule has 21 heavy (non-hydrogen) atoms. The summed E-state index contributed by atoms with van der Waals surface area (Å²) in [5.41, 5.74) is 5.89. The number of carbonyl (C=O) groups is 2. The quantitative estimate of drug-likeness (QED) is 0.861. The van der Waals surface area contributed by atoms with Gasteiger partial charge in [0.2, 0.25) is 5.91 Å². The summed E-state index contributed by atoms with van der Waals surface area (Å²) < 4.78 is 0. The summed E-state index contributed by atoms with van der Waals surface area (Å²) >= 11 is 0. The summed E-state index contributed by atoms with van der Waals surface area (Å²) in [7, 11) is 0. The largest absolute Gasteiger partial charge is 0.277 e. The van der Waals surface area contributed by atoms with Gasteiger partial charge in [0.1, 0.15) is 0 Å². The number of rotatable bonds is 2. The Morgan fingerprint density at radius 1 is 0.857 bits per heavy atom. The molecule has 0 atom stereocenters. The zero-order chi connectivity index (χ0) is 15.4. The smallest absolute Gasteiger partial charge is 0.274 e. The molecule has 2 aromatic carbocycles. The van der Waals surface area contributed by atoms with Gasteiger partial charge in [-0.15, -0.1) is 0 Å². The van der Waals surface area contributed by atoms with Gasteiger partial charge < -0.3 is 0 Å². The normalized spacial score (nSPS) is 10.0. The molecule has 0 saturated heterocycles. The molecule has 1 N–H and O–H groups in total. The Hall–Kier alpha value is -2.62. The van der Waals surface area contributed by atoms with E-state index in [1.165, 1.54) is 11.9 Å². The van der Waals surface area contributed by atoms with Gasteiger partial charge in [-0.1, -0.05) is 35.4 Å². The lowest BCUT2D eigenvalue weighted by molar-refractivity contribution is -0.119. The van der Waals surface area contributed by atoms with Crippen LogP contribution in [0.4, 0.5) is 5.69 Å². The minimum Gasteiger partial charge on any atom is -0.274 e. The number of nitrogens with one attached hydrogen (secondary N) is 1. The molecule has 0 radical (unpaired) electrons. The number of benzene rings is 2.